The molecule has 0 aromatic carbocycles. The van der Waals surface area contributed by atoms with Crippen molar-refractivity contribution in [1.82, 2.24) is 0 Å². The number of carbonyl (C=O) groups excluding carboxylic acids is 2. The van der Waals surface area contributed by atoms with Crippen molar-refractivity contribution in [2.75, 3.05) is 47.5 Å². The molecule has 0 aliphatic heterocycles. The summed E-state index contributed by atoms with van der Waals surface area (Å²) in [6.07, 6.45) is 52.2. The van der Waals surface area contributed by atoms with Crippen LogP contribution in [0.2, 0.25) is 0 Å². The van der Waals surface area contributed by atoms with Gasteiger partial charge in [0.1, 0.15) is 13.2 Å². The number of carboxylic acid groups (broad SMARTS) is 1. The Labute approximate surface area is 372 Å². The van der Waals surface area contributed by atoms with Gasteiger partial charge in [-0.05, 0) is 89.9 Å². The largest absolute Gasteiger partial charge is 0.477 e. The summed E-state index contributed by atoms with van der Waals surface area (Å²) >= 11 is 0. The second-order valence-electron chi connectivity index (χ2n) is 16.7. The van der Waals surface area contributed by atoms with E-state index in [1.807, 2.05) is 21.1 Å². The molecule has 9 nitrogen and oxygen atoms in total. The number of likely N-dealkylation sites (N-methyl/N-ethyl adjacent to an activating group) is 1. The molecule has 1 N–H and O–H groups in total. The Kier molecular flexibility index (Phi) is 40.6. The van der Waals surface area contributed by atoms with Crippen LogP contribution in [0.1, 0.15) is 168 Å². The molecular formula is C52H88NO8+. The van der Waals surface area contributed by atoms with E-state index in [9.17, 15) is 19.5 Å². The van der Waals surface area contributed by atoms with E-state index in [4.69, 9.17) is 18.9 Å². The summed E-state index contributed by atoms with van der Waals surface area (Å²) in [5, 5.41) is 9.65. The fraction of sp³-hybridized carbons (Fsp3) is 0.673. The molecule has 0 fully saturated rings. The molecule has 2 atom stereocenters. The van der Waals surface area contributed by atoms with Crippen molar-refractivity contribution in [3.63, 3.8) is 0 Å². The lowest BCUT2D eigenvalue weighted by Crippen LogP contribution is -2.40. The summed E-state index contributed by atoms with van der Waals surface area (Å²) in [7, 11) is 5.93. The van der Waals surface area contributed by atoms with Crippen LogP contribution in [0.15, 0.2) is 85.1 Å². The maximum Gasteiger partial charge on any atom is 0.361 e. The highest BCUT2D eigenvalue weighted by molar-refractivity contribution is 5.71. The van der Waals surface area contributed by atoms with E-state index in [2.05, 4.69) is 98.9 Å². The van der Waals surface area contributed by atoms with Gasteiger partial charge in [0.15, 0.2) is 6.10 Å². The van der Waals surface area contributed by atoms with Crippen LogP contribution in [-0.2, 0) is 33.3 Å². The van der Waals surface area contributed by atoms with Gasteiger partial charge in [0, 0.05) is 12.8 Å². The number of carboxylic acids is 1. The first-order chi connectivity index (χ1) is 29.6. The van der Waals surface area contributed by atoms with E-state index in [0.29, 0.717) is 17.4 Å². The summed E-state index contributed by atoms with van der Waals surface area (Å²) in [6.45, 7) is 4.67. The van der Waals surface area contributed by atoms with Crippen LogP contribution in [0.4, 0.5) is 0 Å². The Morgan fingerprint density at radius 1 is 0.508 bits per heavy atom. The highest BCUT2D eigenvalue weighted by atomic mass is 16.7. The predicted octanol–water partition coefficient (Wildman–Crippen LogP) is 12.9. The van der Waals surface area contributed by atoms with Gasteiger partial charge >= 0.3 is 17.9 Å². The third-order valence-corrected chi connectivity index (χ3v) is 9.64. The molecule has 0 aromatic rings. The molecule has 0 heterocycles. The standard InChI is InChI=1S/C52H87NO8/c1-6-8-10-12-14-16-18-20-22-23-24-25-26-27-29-31-33-35-37-39-41-43-50(55)61-48(47-60-52(51(56)57)58-45-44-53(3,4)5)46-59-49(54)42-40-38-36-34-32-30-28-21-19-17-15-13-11-9-7-2/h8,10,14,16,20-22,24-25,27-29,33,35,48,52H,6-7,9,11-13,15,17-19,23,26,30-32,34,36-47H2,1-5H3/p+1/b10-8-,16-14-,22-20-,25-24-,28-21-,29-27-,35-33-. The zero-order valence-corrected chi connectivity index (χ0v) is 39.3. The summed E-state index contributed by atoms with van der Waals surface area (Å²) in [5.74, 6) is -2.09. The van der Waals surface area contributed by atoms with E-state index >= 15 is 0 Å². The van der Waals surface area contributed by atoms with Gasteiger partial charge < -0.3 is 28.5 Å². The van der Waals surface area contributed by atoms with Crippen LogP contribution in [0, 0.1) is 0 Å². The van der Waals surface area contributed by atoms with Gasteiger partial charge in [-0.15, -0.1) is 0 Å². The number of unbranched alkanes of at least 4 members (excludes halogenated alkanes) is 13. The summed E-state index contributed by atoms with van der Waals surface area (Å²) in [5.41, 5.74) is 0. The molecule has 61 heavy (non-hydrogen) atoms. The van der Waals surface area contributed by atoms with Crippen LogP contribution < -0.4 is 0 Å². The van der Waals surface area contributed by atoms with Gasteiger partial charge in [-0.1, -0.05) is 150 Å². The second kappa shape index (κ2) is 43.1. The number of rotatable bonds is 42. The number of esters is 2. The molecule has 0 aromatic heterocycles. The molecule has 0 amide bonds. The molecule has 0 bridgehead atoms. The lowest BCUT2D eigenvalue weighted by atomic mass is 10.1. The first-order valence-electron chi connectivity index (χ1n) is 23.8. The van der Waals surface area contributed by atoms with Crippen molar-refractivity contribution in [3.8, 4) is 0 Å². The fourth-order valence-electron chi connectivity index (χ4n) is 5.95. The fourth-order valence-corrected chi connectivity index (χ4v) is 5.95. The zero-order chi connectivity index (χ0) is 44.9. The van der Waals surface area contributed by atoms with E-state index in [-0.39, 0.29) is 38.6 Å². The first-order valence-corrected chi connectivity index (χ1v) is 23.8. The molecule has 0 rings (SSSR count). The molecule has 0 aliphatic rings. The van der Waals surface area contributed by atoms with E-state index in [1.165, 1.54) is 44.9 Å². The van der Waals surface area contributed by atoms with Crippen molar-refractivity contribution >= 4 is 17.9 Å². The van der Waals surface area contributed by atoms with Crippen molar-refractivity contribution in [2.45, 2.75) is 180 Å². The number of nitrogens with zero attached hydrogens (tertiary/aromatic N) is 1. The second-order valence-corrected chi connectivity index (χ2v) is 16.7. The lowest BCUT2D eigenvalue weighted by Gasteiger charge is -2.25. The van der Waals surface area contributed by atoms with E-state index in [1.54, 1.807) is 0 Å². The molecule has 9 heteroatoms. The predicted molar refractivity (Wildman–Crippen MR) is 253 cm³/mol. The zero-order valence-electron chi connectivity index (χ0n) is 39.3. The number of hydrogen-bond donors (Lipinski definition) is 1. The van der Waals surface area contributed by atoms with Crippen LogP contribution in [0.5, 0.6) is 0 Å². The maximum atomic E-state index is 12.8. The molecular weight excluding hydrogens is 767 g/mol. The molecule has 0 aliphatic carbocycles. The van der Waals surface area contributed by atoms with Gasteiger partial charge in [0.2, 0.25) is 0 Å². The van der Waals surface area contributed by atoms with Crippen molar-refractivity contribution in [2.24, 2.45) is 0 Å². The normalized spacial score (nSPS) is 13.7. The summed E-state index contributed by atoms with van der Waals surface area (Å²) in [6, 6.07) is 0. The Morgan fingerprint density at radius 3 is 1.44 bits per heavy atom. The quantitative estimate of drug-likeness (QED) is 0.0213. The average molecular weight is 855 g/mol. The van der Waals surface area contributed by atoms with Crippen LogP contribution in [0.25, 0.3) is 0 Å². The third kappa shape index (κ3) is 44.3. The maximum absolute atomic E-state index is 12.8. The Balaban J connectivity index is 4.53. The monoisotopic (exact) mass is 855 g/mol. The molecule has 0 spiro atoms. The number of hydrogen-bond acceptors (Lipinski definition) is 7. The number of aliphatic carboxylic acids is 1. The summed E-state index contributed by atoms with van der Waals surface area (Å²) < 4.78 is 22.7. The molecule has 348 valence electrons. The summed E-state index contributed by atoms with van der Waals surface area (Å²) in [4.78, 5) is 37.2. The first kappa shape index (κ1) is 57.5. The van der Waals surface area contributed by atoms with E-state index in [0.717, 1.165) is 89.9 Å². The highest BCUT2D eigenvalue weighted by Gasteiger charge is 2.25. The van der Waals surface area contributed by atoms with Crippen LogP contribution in [0.3, 0.4) is 0 Å². The third-order valence-electron chi connectivity index (χ3n) is 9.64. The van der Waals surface area contributed by atoms with Crippen LogP contribution in [-0.4, -0.2) is 87.4 Å². The molecule has 0 radical (unpaired) electrons. The lowest BCUT2D eigenvalue weighted by molar-refractivity contribution is -0.870. The van der Waals surface area contributed by atoms with Gasteiger partial charge in [-0.25, -0.2) is 4.79 Å². The smallest absolute Gasteiger partial charge is 0.361 e. The van der Waals surface area contributed by atoms with Gasteiger partial charge in [-0.2, -0.15) is 0 Å². The highest BCUT2D eigenvalue weighted by Crippen LogP contribution is 2.12. The Bertz CT molecular complexity index is 1270. The van der Waals surface area contributed by atoms with Crippen molar-refractivity contribution < 1.29 is 42.9 Å². The molecule has 2 unspecified atom stereocenters. The van der Waals surface area contributed by atoms with Crippen molar-refractivity contribution in [3.05, 3.63) is 85.1 Å². The van der Waals surface area contributed by atoms with E-state index < -0.39 is 24.3 Å². The SMILES string of the molecule is CC/C=C\C/C=C\C/C=C\C/C=C\C/C=C\C/C=C\CCCCC(=O)OC(COC(=O)CCCCCCC/C=C\CCCCCCCC)COC(OCC[N+](C)(C)C)C(=O)O. The number of allylic oxidation sites excluding steroid dienone is 14. The number of ether oxygens (including phenoxy) is 4. The Morgan fingerprint density at radius 2 is 0.934 bits per heavy atom. The van der Waals surface area contributed by atoms with Crippen LogP contribution >= 0.6 is 0 Å². The molecule has 0 saturated carbocycles. The number of carbonyl (C=O) groups is 3. The van der Waals surface area contributed by atoms with Gasteiger partial charge in [0.25, 0.3) is 6.29 Å². The number of quaternary nitrogens is 1. The minimum absolute atomic E-state index is 0.173. The van der Waals surface area contributed by atoms with Gasteiger partial charge in [0.05, 0.1) is 34.4 Å². The minimum atomic E-state index is -1.53. The molecule has 0 saturated heterocycles. The van der Waals surface area contributed by atoms with Gasteiger partial charge in [-0.3, -0.25) is 9.59 Å². The minimum Gasteiger partial charge on any atom is -0.477 e. The Hall–Kier alpha value is -3.53. The topological polar surface area (TPSA) is 108 Å². The van der Waals surface area contributed by atoms with Crippen molar-refractivity contribution in [1.29, 1.82) is 0 Å². The average Bonchev–Trinajstić information content (AvgIpc) is 3.22.